The highest BCUT2D eigenvalue weighted by atomic mass is 79.9. The van der Waals surface area contributed by atoms with Crippen molar-refractivity contribution in [2.75, 3.05) is 0 Å². The molecule has 4 heteroatoms. The van der Waals surface area contributed by atoms with Crippen LogP contribution < -0.4 is 0 Å². The molecule has 2 aromatic rings. The van der Waals surface area contributed by atoms with Crippen molar-refractivity contribution in [2.24, 2.45) is 0 Å². The molecule has 0 aliphatic heterocycles. The molecule has 0 N–H and O–H groups in total. The number of benzene rings is 1. The normalized spacial score (nSPS) is 15.2. The van der Waals surface area contributed by atoms with E-state index in [1.54, 1.807) is 0 Å². The molecule has 1 fully saturated rings. The molecule has 0 atom stereocenters. The highest BCUT2D eigenvalue weighted by Crippen LogP contribution is 2.42. The lowest BCUT2D eigenvalue weighted by atomic mass is 10.2. The maximum absolute atomic E-state index is 5.97. The summed E-state index contributed by atoms with van der Waals surface area (Å²) in [5.74, 6) is 1.19. The summed E-state index contributed by atoms with van der Waals surface area (Å²) in [6.07, 6.45) is 4.40. The van der Waals surface area contributed by atoms with E-state index in [0.29, 0.717) is 11.8 Å². The second-order valence-corrected chi connectivity index (χ2v) is 5.54. The molecule has 1 aromatic carbocycles. The Balaban J connectivity index is 2.11. The van der Waals surface area contributed by atoms with Gasteiger partial charge in [-0.3, -0.25) is 0 Å². The van der Waals surface area contributed by atoms with Gasteiger partial charge in [-0.25, -0.2) is 4.68 Å². The van der Waals surface area contributed by atoms with Crippen molar-refractivity contribution in [1.29, 1.82) is 0 Å². The van der Waals surface area contributed by atoms with Gasteiger partial charge in [0.15, 0.2) is 0 Å². The zero-order valence-corrected chi connectivity index (χ0v) is 11.6. The third-order valence-electron chi connectivity index (χ3n) is 3.05. The maximum atomic E-state index is 5.97. The van der Waals surface area contributed by atoms with Gasteiger partial charge in [-0.2, -0.15) is 5.10 Å². The molecular weight excluding hydrogens is 300 g/mol. The van der Waals surface area contributed by atoms with Gasteiger partial charge in [0.2, 0.25) is 0 Å². The van der Waals surface area contributed by atoms with Crippen molar-refractivity contribution >= 4 is 27.5 Å². The molecule has 0 unspecified atom stereocenters. The van der Waals surface area contributed by atoms with E-state index in [9.17, 15) is 0 Å². The van der Waals surface area contributed by atoms with E-state index in [1.165, 1.54) is 18.5 Å². The Labute approximate surface area is 114 Å². The summed E-state index contributed by atoms with van der Waals surface area (Å²) in [7, 11) is 0. The predicted molar refractivity (Wildman–Crippen MR) is 72.8 cm³/mol. The summed E-state index contributed by atoms with van der Waals surface area (Å²) in [5, 5.41) is 4.47. The Morgan fingerprint density at radius 2 is 2.24 bits per heavy atom. The Kier molecular flexibility index (Phi) is 2.97. The van der Waals surface area contributed by atoms with Gasteiger partial charge in [0.25, 0.3) is 0 Å². The molecule has 1 aromatic heterocycles. The molecule has 1 heterocycles. The summed E-state index contributed by atoms with van der Waals surface area (Å²) >= 11 is 9.47. The average molecular weight is 312 g/mol. The SMILES string of the molecule is ClCc1cnn(-c2cccc(Br)c2)c1C1CC1. The third kappa shape index (κ3) is 2.14. The van der Waals surface area contributed by atoms with E-state index in [0.717, 1.165) is 15.7 Å². The van der Waals surface area contributed by atoms with Crippen molar-refractivity contribution in [3.05, 3.63) is 46.2 Å². The van der Waals surface area contributed by atoms with E-state index in [2.05, 4.69) is 33.2 Å². The Hall–Kier alpha value is -0.800. The highest BCUT2D eigenvalue weighted by molar-refractivity contribution is 9.10. The van der Waals surface area contributed by atoms with E-state index in [4.69, 9.17) is 11.6 Å². The van der Waals surface area contributed by atoms with Crippen molar-refractivity contribution in [3.8, 4) is 5.69 Å². The van der Waals surface area contributed by atoms with Crippen LogP contribution in [0.25, 0.3) is 5.69 Å². The van der Waals surface area contributed by atoms with Gasteiger partial charge in [-0.15, -0.1) is 11.6 Å². The third-order valence-corrected chi connectivity index (χ3v) is 3.83. The molecular formula is C13H12BrClN2. The van der Waals surface area contributed by atoms with Gasteiger partial charge in [-0.1, -0.05) is 22.0 Å². The van der Waals surface area contributed by atoms with E-state index in [1.807, 2.05) is 23.0 Å². The van der Waals surface area contributed by atoms with Crippen molar-refractivity contribution in [3.63, 3.8) is 0 Å². The number of aromatic nitrogens is 2. The standard InChI is InChI=1S/C13H12BrClN2/c14-11-2-1-3-12(6-11)17-13(9-4-5-9)10(7-15)8-16-17/h1-3,6,8-9H,4-5,7H2. The fraction of sp³-hybridized carbons (Fsp3) is 0.308. The molecule has 0 bridgehead atoms. The van der Waals surface area contributed by atoms with Crippen LogP contribution in [0.15, 0.2) is 34.9 Å². The number of alkyl halides is 1. The van der Waals surface area contributed by atoms with Gasteiger partial charge >= 0.3 is 0 Å². The van der Waals surface area contributed by atoms with Gasteiger partial charge in [-0.05, 0) is 31.0 Å². The molecule has 0 saturated heterocycles. The van der Waals surface area contributed by atoms with Crippen LogP contribution in [0, 0.1) is 0 Å². The van der Waals surface area contributed by atoms with Gasteiger partial charge < -0.3 is 0 Å². The Bertz CT molecular complexity index is 546. The van der Waals surface area contributed by atoms with E-state index < -0.39 is 0 Å². The van der Waals surface area contributed by atoms with Crippen molar-refractivity contribution in [1.82, 2.24) is 9.78 Å². The van der Waals surface area contributed by atoms with Crippen LogP contribution in [0.4, 0.5) is 0 Å². The number of nitrogens with zero attached hydrogens (tertiary/aromatic N) is 2. The minimum atomic E-state index is 0.542. The van der Waals surface area contributed by atoms with Crippen LogP contribution in [0.1, 0.15) is 30.0 Å². The van der Waals surface area contributed by atoms with Crippen molar-refractivity contribution in [2.45, 2.75) is 24.6 Å². The fourth-order valence-corrected chi connectivity index (χ4v) is 2.69. The summed E-state index contributed by atoms with van der Waals surface area (Å²) in [4.78, 5) is 0. The zero-order valence-electron chi connectivity index (χ0n) is 9.24. The topological polar surface area (TPSA) is 17.8 Å². The first-order chi connectivity index (χ1) is 8.29. The molecule has 88 valence electrons. The molecule has 0 radical (unpaired) electrons. The molecule has 2 nitrogen and oxygen atoms in total. The van der Waals surface area contributed by atoms with E-state index >= 15 is 0 Å². The summed E-state index contributed by atoms with van der Waals surface area (Å²) < 4.78 is 3.10. The first-order valence-corrected chi connectivity index (χ1v) is 7.01. The highest BCUT2D eigenvalue weighted by Gasteiger charge is 2.30. The number of hydrogen-bond acceptors (Lipinski definition) is 1. The van der Waals surface area contributed by atoms with Crippen LogP contribution in [-0.2, 0) is 5.88 Å². The summed E-state index contributed by atoms with van der Waals surface area (Å²) in [6, 6.07) is 8.20. The lowest BCUT2D eigenvalue weighted by Crippen LogP contribution is -2.02. The van der Waals surface area contributed by atoms with Crippen LogP contribution in [0.2, 0.25) is 0 Å². The first-order valence-electron chi connectivity index (χ1n) is 5.68. The quantitative estimate of drug-likeness (QED) is 0.775. The van der Waals surface area contributed by atoms with Gasteiger partial charge in [0, 0.05) is 16.0 Å². The minimum Gasteiger partial charge on any atom is -0.237 e. The van der Waals surface area contributed by atoms with Crippen LogP contribution in [0.3, 0.4) is 0 Å². The summed E-state index contributed by atoms with van der Waals surface area (Å²) in [5.41, 5.74) is 3.55. The molecule has 3 rings (SSSR count). The smallest absolute Gasteiger partial charge is 0.0660 e. The molecule has 1 aliphatic carbocycles. The summed E-state index contributed by atoms with van der Waals surface area (Å²) in [6.45, 7) is 0. The monoisotopic (exact) mass is 310 g/mol. The molecule has 1 saturated carbocycles. The molecule has 1 aliphatic rings. The molecule has 0 spiro atoms. The predicted octanol–water partition coefficient (Wildman–Crippen LogP) is 4.25. The lowest BCUT2D eigenvalue weighted by molar-refractivity contribution is 0.804. The molecule has 0 amide bonds. The molecule has 17 heavy (non-hydrogen) atoms. The average Bonchev–Trinajstić information content (AvgIpc) is 3.08. The number of hydrogen-bond donors (Lipinski definition) is 0. The largest absolute Gasteiger partial charge is 0.237 e. The minimum absolute atomic E-state index is 0.542. The fourth-order valence-electron chi connectivity index (χ4n) is 2.10. The second-order valence-electron chi connectivity index (χ2n) is 4.35. The first kappa shape index (κ1) is 11.3. The Morgan fingerprint density at radius 1 is 1.41 bits per heavy atom. The number of halogens is 2. The Morgan fingerprint density at radius 3 is 2.88 bits per heavy atom. The second kappa shape index (κ2) is 4.46. The van der Waals surface area contributed by atoms with Crippen LogP contribution in [0.5, 0.6) is 0 Å². The van der Waals surface area contributed by atoms with Crippen LogP contribution >= 0.6 is 27.5 Å². The lowest BCUT2D eigenvalue weighted by Gasteiger charge is -2.08. The zero-order chi connectivity index (χ0) is 11.8. The van der Waals surface area contributed by atoms with E-state index in [-0.39, 0.29) is 0 Å². The van der Waals surface area contributed by atoms with Crippen LogP contribution in [-0.4, -0.2) is 9.78 Å². The number of rotatable bonds is 3. The maximum Gasteiger partial charge on any atom is 0.0660 e. The van der Waals surface area contributed by atoms with Gasteiger partial charge in [0.1, 0.15) is 0 Å². The van der Waals surface area contributed by atoms with Gasteiger partial charge in [0.05, 0.1) is 23.5 Å². The van der Waals surface area contributed by atoms with Crippen molar-refractivity contribution < 1.29 is 0 Å².